The second-order valence-electron chi connectivity index (χ2n) is 4.68. The van der Waals surface area contributed by atoms with Crippen LogP contribution in [-0.4, -0.2) is 29.4 Å². The summed E-state index contributed by atoms with van der Waals surface area (Å²) in [6.07, 6.45) is 0. The molecule has 3 nitrogen and oxygen atoms in total. The summed E-state index contributed by atoms with van der Waals surface area (Å²) in [6, 6.07) is 7.64. The van der Waals surface area contributed by atoms with Crippen molar-refractivity contribution in [2.75, 3.05) is 13.1 Å². The van der Waals surface area contributed by atoms with E-state index in [1.165, 1.54) is 5.56 Å². The molecule has 1 aliphatic heterocycles. The van der Waals surface area contributed by atoms with Gasteiger partial charge in [-0.2, -0.15) is 0 Å². The third-order valence-corrected chi connectivity index (χ3v) is 2.69. The SMILES string of the molecule is Cc1ccc(C(=O)N2CC(C)(N)C2)cc1. The van der Waals surface area contributed by atoms with E-state index < -0.39 is 0 Å². The first-order valence-electron chi connectivity index (χ1n) is 5.13. The van der Waals surface area contributed by atoms with Crippen LogP contribution in [0.25, 0.3) is 0 Å². The molecule has 0 bridgehead atoms. The summed E-state index contributed by atoms with van der Waals surface area (Å²) >= 11 is 0. The second-order valence-corrected chi connectivity index (χ2v) is 4.68. The van der Waals surface area contributed by atoms with Crippen LogP contribution in [0.3, 0.4) is 0 Å². The standard InChI is InChI=1S/C12H16N2O/c1-9-3-5-10(6-4-9)11(15)14-7-12(2,13)8-14/h3-6H,7-8,13H2,1-2H3. The van der Waals surface area contributed by atoms with Crippen molar-refractivity contribution in [2.24, 2.45) is 5.73 Å². The summed E-state index contributed by atoms with van der Waals surface area (Å²) in [6.45, 7) is 5.28. The summed E-state index contributed by atoms with van der Waals surface area (Å²) in [7, 11) is 0. The highest BCUT2D eigenvalue weighted by Gasteiger charge is 2.37. The predicted octanol–water partition coefficient (Wildman–Crippen LogP) is 1.17. The average Bonchev–Trinajstić information content (AvgIpc) is 2.14. The summed E-state index contributed by atoms with van der Waals surface area (Å²) in [5, 5.41) is 0. The number of amides is 1. The van der Waals surface area contributed by atoms with Crippen molar-refractivity contribution in [1.82, 2.24) is 4.90 Å². The lowest BCUT2D eigenvalue weighted by molar-refractivity contribution is 0.0454. The number of nitrogens with zero attached hydrogens (tertiary/aromatic N) is 1. The van der Waals surface area contributed by atoms with Crippen LogP contribution in [-0.2, 0) is 0 Å². The van der Waals surface area contributed by atoms with Gasteiger partial charge in [0.15, 0.2) is 0 Å². The van der Waals surface area contributed by atoms with Crippen molar-refractivity contribution >= 4 is 5.91 Å². The van der Waals surface area contributed by atoms with E-state index in [-0.39, 0.29) is 11.4 Å². The molecule has 0 saturated carbocycles. The maximum Gasteiger partial charge on any atom is 0.253 e. The third kappa shape index (κ3) is 2.02. The number of likely N-dealkylation sites (tertiary alicyclic amines) is 1. The number of hydrogen-bond donors (Lipinski definition) is 1. The van der Waals surface area contributed by atoms with E-state index in [2.05, 4.69) is 0 Å². The van der Waals surface area contributed by atoms with Crippen LogP contribution < -0.4 is 5.73 Å². The Hall–Kier alpha value is -1.35. The maximum absolute atomic E-state index is 11.9. The molecule has 1 aliphatic rings. The van der Waals surface area contributed by atoms with Crippen molar-refractivity contribution in [3.8, 4) is 0 Å². The molecular weight excluding hydrogens is 188 g/mol. The van der Waals surface area contributed by atoms with Crippen LogP contribution >= 0.6 is 0 Å². The number of carbonyl (C=O) groups is 1. The molecule has 3 heteroatoms. The molecule has 1 heterocycles. The molecule has 1 amide bonds. The highest BCUT2D eigenvalue weighted by molar-refractivity contribution is 5.95. The Bertz CT molecular complexity index is 373. The van der Waals surface area contributed by atoms with Gasteiger partial charge in [0, 0.05) is 24.2 Å². The minimum atomic E-state index is -0.194. The summed E-state index contributed by atoms with van der Waals surface area (Å²) in [5.74, 6) is 0.0814. The van der Waals surface area contributed by atoms with Crippen LogP contribution in [0.5, 0.6) is 0 Å². The van der Waals surface area contributed by atoms with Gasteiger partial charge in [-0.25, -0.2) is 0 Å². The molecule has 2 rings (SSSR count). The van der Waals surface area contributed by atoms with Gasteiger partial charge in [-0.3, -0.25) is 4.79 Å². The van der Waals surface area contributed by atoms with Crippen molar-refractivity contribution in [3.05, 3.63) is 35.4 Å². The largest absolute Gasteiger partial charge is 0.335 e. The number of aryl methyl sites for hydroxylation is 1. The van der Waals surface area contributed by atoms with Gasteiger partial charge >= 0.3 is 0 Å². The Morgan fingerprint density at radius 2 is 1.87 bits per heavy atom. The summed E-state index contributed by atoms with van der Waals surface area (Å²) in [5.41, 5.74) is 7.58. The topological polar surface area (TPSA) is 46.3 Å². The van der Waals surface area contributed by atoms with E-state index in [1.54, 1.807) is 4.90 Å². The molecule has 2 N–H and O–H groups in total. The van der Waals surface area contributed by atoms with Crippen molar-refractivity contribution in [2.45, 2.75) is 19.4 Å². The Labute approximate surface area is 89.9 Å². The number of carbonyl (C=O) groups excluding carboxylic acids is 1. The lowest BCUT2D eigenvalue weighted by Gasteiger charge is -2.45. The van der Waals surface area contributed by atoms with Gasteiger partial charge < -0.3 is 10.6 Å². The predicted molar refractivity (Wildman–Crippen MR) is 59.7 cm³/mol. The van der Waals surface area contributed by atoms with Crippen LogP contribution in [0, 0.1) is 6.92 Å². The lowest BCUT2D eigenvalue weighted by Crippen LogP contribution is -2.66. The molecule has 15 heavy (non-hydrogen) atoms. The van der Waals surface area contributed by atoms with Gasteiger partial charge in [0.2, 0.25) is 0 Å². The van der Waals surface area contributed by atoms with Crippen LogP contribution in [0.15, 0.2) is 24.3 Å². The van der Waals surface area contributed by atoms with Crippen molar-refractivity contribution in [1.29, 1.82) is 0 Å². The molecular formula is C12H16N2O. The Kier molecular flexibility index (Phi) is 2.27. The van der Waals surface area contributed by atoms with E-state index in [0.717, 1.165) is 5.56 Å². The quantitative estimate of drug-likeness (QED) is 0.746. The number of benzene rings is 1. The minimum absolute atomic E-state index is 0.0814. The van der Waals surface area contributed by atoms with Gasteiger partial charge in [0.05, 0.1) is 0 Å². The van der Waals surface area contributed by atoms with Gasteiger partial charge in [-0.1, -0.05) is 17.7 Å². The molecule has 0 aliphatic carbocycles. The first-order chi connectivity index (χ1) is 6.98. The molecule has 1 saturated heterocycles. The number of hydrogen-bond acceptors (Lipinski definition) is 2. The zero-order chi connectivity index (χ0) is 11.1. The van der Waals surface area contributed by atoms with Crippen molar-refractivity contribution < 1.29 is 4.79 Å². The maximum atomic E-state index is 11.9. The smallest absolute Gasteiger partial charge is 0.253 e. The zero-order valence-corrected chi connectivity index (χ0v) is 9.16. The molecule has 80 valence electrons. The van der Waals surface area contributed by atoms with Gasteiger partial charge in [0.25, 0.3) is 5.91 Å². The van der Waals surface area contributed by atoms with E-state index in [1.807, 2.05) is 38.1 Å². The van der Waals surface area contributed by atoms with Crippen LogP contribution in [0.1, 0.15) is 22.8 Å². The third-order valence-electron chi connectivity index (χ3n) is 2.69. The molecule has 0 radical (unpaired) electrons. The summed E-state index contributed by atoms with van der Waals surface area (Å²) < 4.78 is 0. The normalized spacial score (nSPS) is 18.5. The van der Waals surface area contributed by atoms with Crippen LogP contribution in [0.4, 0.5) is 0 Å². The first kappa shape index (κ1) is 10.2. The number of rotatable bonds is 1. The van der Waals surface area contributed by atoms with E-state index in [9.17, 15) is 4.79 Å². The first-order valence-corrected chi connectivity index (χ1v) is 5.13. The highest BCUT2D eigenvalue weighted by atomic mass is 16.2. The zero-order valence-electron chi connectivity index (χ0n) is 9.16. The summed E-state index contributed by atoms with van der Waals surface area (Å²) in [4.78, 5) is 13.7. The molecule has 1 aromatic rings. The monoisotopic (exact) mass is 204 g/mol. The van der Waals surface area contributed by atoms with Gasteiger partial charge in [-0.15, -0.1) is 0 Å². The number of nitrogens with two attached hydrogens (primary N) is 1. The molecule has 0 spiro atoms. The van der Waals surface area contributed by atoms with E-state index in [4.69, 9.17) is 5.73 Å². The highest BCUT2D eigenvalue weighted by Crippen LogP contribution is 2.20. The lowest BCUT2D eigenvalue weighted by atomic mass is 9.93. The Morgan fingerprint density at radius 1 is 1.33 bits per heavy atom. The second kappa shape index (κ2) is 3.35. The minimum Gasteiger partial charge on any atom is -0.335 e. The Morgan fingerprint density at radius 3 is 2.33 bits per heavy atom. The molecule has 1 aromatic carbocycles. The van der Waals surface area contributed by atoms with Crippen LogP contribution in [0.2, 0.25) is 0 Å². The van der Waals surface area contributed by atoms with E-state index in [0.29, 0.717) is 13.1 Å². The fourth-order valence-corrected chi connectivity index (χ4v) is 1.85. The molecule has 0 atom stereocenters. The fraction of sp³-hybridized carbons (Fsp3) is 0.417. The molecule has 1 fully saturated rings. The van der Waals surface area contributed by atoms with E-state index >= 15 is 0 Å². The average molecular weight is 204 g/mol. The fourth-order valence-electron chi connectivity index (χ4n) is 1.85. The Balaban J connectivity index is 2.07. The van der Waals surface area contributed by atoms with Gasteiger partial charge in [0.1, 0.15) is 0 Å². The van der Waals surface area contributed by atoms with Gasteiger partial charge in [-0.05, 0) is 26.0 Å². The van der Waals surface area contributed by atoms with Crippen molar-refractivity contribution in [3.63, 3.8) is 0 Å². The molecule has 0 aromatic heterocycles. The molecule has 0 unspecified atom stereocenters.